The van der Waals surface area contributed by atoms with E-state index in [1.54, 1.807) is 30.3 Å². The number of hydrogen-bond donors (Lipinski definition) is 1. The number of benzene rings is 2. The minimum Gasteiger partial charge on any atom is -0.508 e. The molecular formula is C28H34N2O3. The SMILES string of the molecule is CC1(C)[C@H]2Cc3c(O)cccc3[C@]1(C)CCN2C(=O)c1ccc(C(=O)N2CCCCC2)cc1. The van der Waals surface area contributed by atoms with Crippen LogP contribution >= 0.6 is 0 Å². The van der Waals surface area contributed by atoms with E-state index >= 15 is 0 Å². The number of aromatic hydroxyl groups is 1. The zero-order valence-corrected chi connectivity index (χ0v) is 19.9. The number of hydrogen-bond acceptors (Lipinski definition) is 3. The molecule has 5 rings (SSSR count). The standard InChI is InChI=1S/C28H34N2O3/c1-27(2)24-18-21-22(8-7-9-23(21)31)28(27,3)14-17-30(24)26(33)20-12-10-19(11-13-20)25(32)29-15-5-4-6-16-29/h7-13,24,31H,4-6,14-18H2,1-3H3/t24-,28+/m1/s1. The van der Waals surface area contributed by atoms with Crippen molar-refractivity contribution < 1.29 is 14.7 Å². The van der Waals surface area contributed by atoms with Crippen LogP contribution in [-0.4, -0.2) is 52.4 Å². The Labute approximate surface area is 196 Å². The fourth-order valence-electron chi connectivity index (χ4n) is 6.37. The summed E-state index contributed by atoms with van der Waals surface area (Å²) in [5.41, 5.74) is 3.22. The largest absolute Gasteiger partial charge is 0.508 e. The summed E-state index contributed by atoms with van der Waals surface area (Å²) in [5.74, 6) is 0.392. The summed E-state index contributed by atoms with van der Waals surface area (Å²) in [6.07, 6.45) is 4.82. The van der Waals surface area contributed by atoms with Crippen LogP contribution < -0.4 is 0 Å². The molecule has 1 aliphatic carbocycles. The van der Waals surface area contributed by atoms with Crippen molar-refractivity contribution in [2.24, 2.45) is 5.41 Å². The van der Waals surface area contributed by atoms with Crippen LogP contribution in [0, 0.1) is 5.41 Å². The van der Waals surface area contributed by atoms with Crippen molar-refractivity contribution in [1.29, 1.82) is 0 Å². The van der Waals surface area contributed by atoms with Crippen LogP contribution in [0.5, 0.6) is 5.75 Å². The molecule has 33 heavy (non-hydrogen) atoms. The second-order valence-corrected chi connectivity index (χ2v) is 10.8. The maximum atomic E-state index is 13.6. The van der Waals surface area contributed by atoms with E-state index in [9.17, 15) is 14.7 Å². The average Bonchev–Trinajstić information content (AvgIpc) is 2.82. The maximum Gasteiger partial charge on any atom is 0.254 e. The van der Waals surface area contributed by atoms with Crippen LogP contribution in [0.15, 0.2) is 42.5 Å². The summed E-state index contributed by atoms with van der Waals surface area (Å²) in [6.45, 7) is 9.11. The Morgan fingerprint density at radius 3 is 2.18 bits per heavy atom. The Hall–Kier alpha value is -2.82. The highest BCUT2D eigenvalue weighted by Gasteiger charge is 2.57. The molecule has 0 radical (unpaired) electrons. The molecule has 174 valence electrons. The summed E-state index contributed by atoms with van der Waals surface area (Å²) in [6, 6.07) is 13.0. The van der Waals surface area contributed by atoms with Gasteiger partial charge < -0.3 is 14.9 Å². The highest BCUT2D eigenvalue weighted by Crippen LogP contribution is 2.57. The van der Waals surface area contributed by atoms with Crippen molar-refractivity contribution in [2.45, 2.75) is 64.3 Å². The molecule has 5 nitrogen and oxygen atoms in total. The highest BCUT2D eigenvalue weighted by molar-refractivity contribution is 5.98. The minimum atomic E-state index is -0.133. The third kappa shape index (κ3) is 3.35. The summed E-state index contributed by atoms with van der Waals surface area (Å²) >= 11 is 0. The third-order valence-electron chi connectivity index (χ3n) is 8.91. The Bertz CT molecular complexity index is 1080. The molecule has 1 N–H and O–H groups in total. The van der Waals surface area contributed by atoms with Gasteiger partial charge in [-0.3, -0.25) is 9.59 Å². The summed E-state index contributed by atoms with van der Waals surface area (Å²) in [4.78, 5) is 30.4. The monoisotopic (exact) mass is 446 g/mol. The van der Waals surface area contributed by atoms with Gasteiger partial charge in [-0.15, -0.1) is 0 Å². The van der Waals surface area contributed by atoms with Gasteiger partial charge in [-0.05, 0) is 79.0 Å². The lowest BCUT2D eigenvalue weighted by Crippen LogP contribution is -2.64. The molecular weight excluding hydrogens is 412 g/mol. The van der Waals surface area contributed by atoms with Crippen molar-refractivity contribution in [2.75, 3.05) is 19.6 Å². The van der Waals surface area contributed by atoms with E-state index in [1.165, 1.54) is 12.0 Å². The molecule has 2 bridgehead atoms. The van der Waals surface area contributed by atoms with E-state index in [1.807, 2.05) is 15.9 Å². The quantitative estimate of drug-likeness (QED) is 0.723. The molecule has 2 fully saturated rings. The van der Waals surface area contributed by atoms with Crippen molar-refractivity contribution in [3.05, 3.63) is 64.7 Å². The second kappa shape index (κ2) is 7.89. The van der Waals surface area contributed by atoms with Crippen LogP contribution in [0.1, 0.15) is 78.3 Å². The molecule has 2 amide bonds. The number of carbonyl (C=O) groups is 2. The van der Waals surface area contributed by atoms with Crippen LogP contribution in [0.4, 0.5) is 0 Å². The van der Waals surface area contributed by atoms with E-state index in [0.717, 1.165) is 37.9 Å². The molecule has 0 aromatic heterocycles. The van der Waals surface area contributed by atoms with E-state index in [2.05, 4.69) is 26.8 Å². The normalized spacial score (nSPS) is 26.0. The van der Waals surface area contributed by atoms with Crippen molar-refractivity contribution in [1.82, 2.24) is 9.80 Å². The first kappa shape index (κ1) is 22.0. The maximum absolute atomic E-state index is 13.6. The first-order valence-corrected chi connectivity index (χ1v) is 12.3. The number of carbonyl (C=O) groups excluding carboxylic acids is 2. The lowest BCUT2D eigenvalue weighted by molar-refractivity contribution is -0.0266. The number of fused-ring (bicyclic) bond motifs is 4. The van der Waals surface area contributed by atoms with Gasteiger partial charge in [0.2, 0.25) is 0 Å². The Kier molecular flexibility index (Phi) is 5.26. The fraction of sp³-hybridized carbons (Fsp3) is 0.500. The van der Waals surface area contributed by atoms with Gasteiger partial charge in [0, 0.05) is 42.2 Å². The van der Waals surface area contributed by atoms with Gasteiger partial charge >= 0.3 is 0 Å². The molecule has 0 spiro atoms. The Morgan fingerprint density at radius 1 is 0.879 bits per heavy atom. The average molecular weight is 447 g/mol. The van der Waals surface area contributed by atoms with Gasteiger partial charge in [0.25, 0.3) is 11.8 Å². The van der Waals surface area contributed by atoms with E-state index in [-0.39, 0.29) is 28.7 Å². The molecule has 2 saturated heterocycles. The first-order valence-electron chi connectivity index (χ1n) is 12.3. The van der Waals surface area contributed by atoms with Gasteiger partial charge in [-0.25, -0.2) is 0 Å². The molecule has 3 aliphatic rings. The molecule has 2 aliphatic heterocycles. The van der Waals surface area contributed by atoms with Crippen LogP contribution in [0.2, 0.25) is 0 Å². The number of rotatable bonds is 2. The third-order valence-corrected chi connectivity index (χ3v) is 8.91. The van der Waals surface area contributed by atoms with Gasteiger partial charge in [-0.2, -0.15) is 0 Å². The molecule has 0 saturated carbocycles. The predicted molar refractivity (Wildman–Crippen MR) is 129 cm³/mol. The predicted octanol–water partition coefficient (Wildman–Crippen LogP) is 4.77. The van der Waals surface area contributed by atoms with Gasteiger partial charge in [0.05, 0.1) is 0 Å². The van der Waals surface area contributed by atoms with Crippen LogP contribution in [0.25, 0.3) is 0 Å². The summed E-state index contributed by atoms with van der Waals surface area (Å²) in [5, 5.41) is 10.6. The Morgan fingerprint density at radius 2 is 1.52 bits per heavy atom. The zero-order chi connectivity index (χ0) is 23.4. The number of piperidine rings is 2. The molecule has 0 unspecified atom stereocenters. The highest BCUT2D eigenvalue weighted by atomic mass is 16.3. The Balaban J connectivity index is 1.41. The van der Waals surface area contributed by atoms with E-state index in [4.69, 9.17) is 0 Å². The number of likely N-dealkylation sites (tertiary alicyclic amines) is 2. The summed E-state index contributed by atoms with van der Waals surface area (Å²) < 4.78 is 0. The van der Waals surface area contributed by atoms with Crippen LogP contribution in [0.3, 0.4) is 0 Å². The van der Waals surface area contributed by atoms with E-state index < -0.39 is 0 Å². The topological polar surface area (TPSA) is 60.9 Å². The number of phenols is 1. The first-order chi connectivity index (χ1) is 15.7. The van der Waals surface area contributed by atoms with Gasteiger partial charge in [0.15, 0.2) is 0 Å². The van der Waals surface area contributed by atoms with Gasteiger partial charge in [0.1, 0.15) is 5.75 Å². The smallest absolute Gasteiger partial charge is 0.254 e. The molecule has 2 aromatic carbocycles. The second-order valence-electron chi connectivity index (χ2n) is 10.8. The molecule has 5 heteroatoms. The zero-order valence-electron chi connectivity index (χ0n) is 19.9. The fourth-order valence-corrected chi connectivity index (χ4v) is 6.37. The van der Waals surface area contributed by atoms with Crippen molar-refractivity contribution in [3.63, 3.8) is 0 Å². The number of amides is 2. The number of phenolic OH excluding ortho intramolecular Hbond substituents is 1. The molecule has 2 heterocycles. The van der Waals surface area contributed by atoms with Crippen LogP contribution in [-0.2, 0) is 11.8 Å². The van der Waals surface area contributed by atoms with E-state index in [0.29, 0.717) is 29.8 Å². The minimum absolute atomic E-state index is 0.000733. The van der Waals surface area contributed by atoms with Gasteiger partial charge in [-0.1, -0.05) is 32.9 Å². The van der Waals surface area contributed by atoms with Crippen molar-refractivity contribution >= 4 is 11.8 Å². The molecule has 2 atom stereocenters. The summed E-state index contributed by atoms with van der Waals surface area (Å²) in [7, 11) is 0. The van der Waals surface area contributed by atoms with Crippen molar-refractivity contribution in [3.8, 4) is 5.75 Å². The number of nitrogens with zero attached hydrogens (tertiary/aromatic N) is 2. The lowest BCUT2D eigenvalue weighted by atomic mass is 9.51. The lowest BCUT2D eigenvalue weighted by Gasteiger charge is -2.60. The molecule has 2 aromatic rings.